The third kappa shape index (κ3) is 7.00. The number of carbonyl (C=O) groups excluding carboxylic acids is 1. The van der Waals surface area contributed by atoms with E-state index in [1.807, 2.05) is 7.05 Å². The van der Waals surface area contributed by atoms with Crippen molar-refractivity contribution in [2.75, 3.05) is 26.3 Å². The highest BCUT2D eigenvalue weighted by molar-refractivity contribution is 7.95. The maximum atomic E-state index is 12.0. The predicted molar refractivity (Wildman–Crippen MR) is 135 cm³/mol. The number of amides is 1. The van der Waals surface area contributed by atoms with Crippen LogP contribution in [0, 0.1) is 0 Å². The zero-order chi connectivity index (χ0) is 21.8. The largest absolute Gasteiger partial charge is 1.00 e. The van der Waals surface area contributed by atoms with Crippen LogP contribution < -0.4 is 43.5 Å². The molecule has 3 nitrogen and oxygen atoms in total. The summed E-state index contributed by atoms with van der Waals surface area (Å²) < 4.78 is 0. The molecule has 3 aromatic rings. The lowest BCUT2D eigenvalue weighted by atomic mass is 10.3. The number of nitrogens with one attached hydrogen (secondary N) is 2. The van der Waals surface area contributed by atoms with E-state index in [-0.39, 0.29) is 22.9 Å². The molecule has 0 radical (unpaired) electrons. The number of benzene rings is 3. The molecular weight excluding hydrogens is 479 g/mol. The fourth-order valence-electron chi connectivity index (χ4n) is 4.10. The first kappa shape index (κ1) is 26.3. The van der Waals surface area contributed by atoms with Gasteiger partial charge in [-0.1, -0.05) is 54.6 Å². The van der Waals surface area contributed by atoms with E-state index >= 15 is 0 Å². The number of rotatable bonds is 12. The van der Waals surface area contributed by atoms with Crippen molar-refractivity contribution in [3.05, 3.63) is 91.0 Å². The van der Waals surface area contributed by atoms with Crippen molar-refractivity contribution in [1.29, 1.82) is 0 Å². The monoisotopic (exact) mass is 512 g/mol. The maximum absolute atomic E-state index is 12.0. The van der Waals surface area contributed by atoms with Crippen LogP contribution in [0.25, 0.3) is 0 Å². The van der Waals surface area contributed by atoms with Crippen molar-refractivity contribution in [2.45, 2.75) is 25.7 Å². The molecule has 0 saturated heterocycles. The molecule has 0 spiro atoms. The molecule has 3 rings (SSSR count). The Hall–Kier alpha value is -2.00. The smallest absolute Gasteiger partial charge is 0.220 e. The topological polar surface area (TPSA) is 41.1 Å². The highest BCUT2D eigenvalue weighted by Crippen LogP contribution is 2.55. The molecule has 0 bridgehead atoms. The van der Waals surface area contributed by atoms with E-state index in [1.54, 1.807) is 0 Å². The van der Waals surface area contributed by atoms with Gasteiger partial charge >= 0.3 is 0 Å². The first-order chi connectivity index (χ1) is 15.3. The first-order valence-electron chi connectivity index (χ1n) is 11.2. The van der Waals surface area contributed by atoms with E-state index in [0.717, 1.165) is 38.5 Å². The molecule has 5 heteroatoms. The SMILES string of the molecule is CNCCCC(=O)NCCCC[P+](c1ccccc1)(c1ccccc1)c1ccccc1.[Br-]. The molecule has 3 aromatic carbocycles. The second-order valence-electron chi connectivity index (χ2n) is 7.80. The van der Waals surface area contributed by atoms with E-state index in [0.29, 0.717) is 6.42 Å². The third-order valence-corrected chi connectivity index (χ3v) is 10.2. The summed E-state index contributed by atoms with van der Waals surface area (Å²) in [5.74, 6) is 0.158. The average Bonchev–Trinajstić information content (AvgIpc) is 2.83. The van der Waals surface area contributed by atoms with Gasteiger partial charge in [0.25, 0.3) is 0 Å². The van der Waals surface area contributed by atoms with Crippen LogP contribution in [-0.4, -0.2) is 32.2 Å². The van der Waals surface area contributed by atoms with E-state index in [2.05, 4.69) is 102 Å². The molecule has 0 unspecified atom stereocenters. The van der Waals surface area contributed by atoms with Gasteiger partial charge in [-0.15, -0.1) is 0 Å². The Balaban J connectivity index is 0.00000363. The normalized spacial score (nSPS) is 10.9. The molecule has 0 aliphatic carbocycles. The molecule has 0 saturated carbocycles. The van der Waals surface area contributed by atoms with Gasteiger partial charge in [0, 0.05) is 13.0 Å². The number of halogens is 1. The average molecular weight is 513 g/mol. The van der Waals surface area contributed by atoms with Crippen LogP contribution in [0.1, 0.15) is 25.7 Å². The second-order valence-corrected chi connectivity index (χ2v) is 11.4. The summed E-state index contributed by atoms with van der Waals surface area (Å²) in [4.78, 5) is 12.0. The lowest BCUT2D eigenvalue weighted by molar-refractivity contribution is -0.121. The van der Waals surface area contributed by atoms with Crippen molar-refractivity contribution in [2.24, 2.45) is 0 Å². The highest BCUT2D eigenvalue weighted by Gasteiger charge is 2.44. The van der Waals surface area contributed by atoms with Gasteiger partial charge in [-0.3, -0.25) is 4.79 Å². The molecule has 0 atom stereocenters. The molecule has 0 aliphatic heterocycles. The molecule has 0 fully saturated rings. The van der Waals surface area contributed by atoms with Gasteiger partial charge < -0.3 is 27.6 Å². The fourth-order valence-corrected chi connectivity index (χ4v) is 8.51. The standard InChI is InChI=1S/C27H33N2OP.BrH/c1-28-21-13-20-27(30)29-22-11-12-23-31(24-14-5-2-6-15-24,25-16-7-3-8-17-25)26-18-9-4-10-19-26;/h2-10,14-19,28H,11-13,20-23H2,1H3;1H. The van der Waals surface area contributed by atoms with Crippen LogP contribution in [0.3, 0.4) is 0 Å². The summed E-state index contributed by atoms with van der Waals surface area (Å²) in [6.45, 7) is 1.63. The van der Waals surface area contributed by atoms with Gasteiger partial charge in [0.15, 0.2) is 0 Å². The summed E-state index contributed by atoms with van der Waals surface area (Å²) >= 11 is 0. The van der Waals surface area contributed by atoms with Gasteiger partial charge in [-0.25, -0.2) is 0 Å². The minimum absolute atomic E-state index is 0. The van der Waals surface area contributed by atoms with Gasteiger partial charge in [0.05, 0.1) is 6.16 Å². The summed E-state index contributed by atoms with van der Waals surface area (Å²) in [6, 6.07) is 32.9. The molecule has 0 heterocycles. The van der Waals surface area contributed by atoms with Crippen molar-refractivity contribution in [3.63, 3.8) is 0 Å². The highest BCUT2D eigenvalue weighted by atomic mass is 79.9. The van der Waals surface area contributed by atoms with E-state index < -0.39 is 7.26 Å². The Morgan fingerprint density at radius 3 is 1.59 bits per heavy atom. The van der Waals surface area contributed by atoms with Crippen LogP contribution in [0.2, 0.25) is 0 Å². The van der Waals surface area contributed by atoms with Crippen LogP contribution >= 0.6 is 7.26 Å². The maximum Gasteiger partial charge on any atom is 0.220 e. The molecule has 1 amide bonds. The summed E-state index contributed by atoms with van der Waals surface area (Å²) in [7, 11) is 0.156. The van der Waals surface area contributed by atoms with Gasteiger partial charge in [0.1, 0.15) is 23.2 Å². The van der Waals surface area contributed by atoms with Crippen LogP contribution in [0.5, 0.6) is 0 Å². The summed E-state index contributed by atoms with van der Waals surface area (Å²) in [5, 5.41) is 10.4. The number of hydrogen-bond acceptors (Lipinski definition) is 2. The fraction of sp³-hybridized carbons (Fsp3) is 0.296. The third-order valence-electron chi connectivity index (χ3n) is 5.66. The van der Waals surface area contributed by atoms with Gasteiger partial charge in [-0.2, -0.15) is 0 Å². The zero-order valence-corrected chi connectivity index (χ0v) is 21.3. The Bertz CT molecular complexity index is 810. The van der Waals surface area contributed by atoms with Crippen LogP contribution in [0.15, 0.2) is 91.0 Å². The first-order valence-corrected chi connectivity index (χ1v) is 13.2. The lowest BCUT2D eigenvalue weighted by Gasteiger charge is -2.27. The Kier molecular flexibility index (Phi) is 11.7. The van der Waals surface area contributed by atoms with Gasteiger partial charge in [0.2, 0.25) is 5.91 Å². The number of carbonyl (C=O) groups is 1. The molecule has 0 aromatic heterocycles. The summed E-state index contributed by atoms with van der Waals surface area (Å²) in [5.41, 5.74) is 0. The molecule has 2 N–H and O–H groups in total. The number of unbranched alkanes of at least 4 members (excludes halogenated alkanes) is 1. The Morgan fingerprint density at radius 1 is 0.688 bits per heavy atom. The van der Waals surface area contributed by atoms with Crippen molar-refractivity contribution < 1.29 is 21.8 Å². The number of hydrogen-bond donors (Lipinski definition) is 2. The summed E-state index contributed by atoms with van der Waals surface area (Å²) in [6.07, 6.45) is 4.64. The zero-order valence-electron chi connectivity index (χ0n) is 18.8. The van der Waals surface area contributed by atoms with E-state index in [9.17, 15) is 4.79 Å². The van der Waals surface area contributed by atoms with Crippen LogP contribution in [-0.2, 0) is 4.79 Å². The minimum atomic E-state index is -1.76. The van der Waals surface area contributed by atoms with E-state index in [4.69, 9.17) is 0 Å². The van der Waals surface area contributed by atoms with Crippen molar-refractivity contribution in [3.8, 4) is 0 Å². The quantitative estimate of drug-likeness (QED) is 0.279. The van der Waals surface area contributed by atoms with Crippen LogP contribution in [0.4, 0.5) is 0 Å². The molecular formula is C27H34BrN2OP. The Morgan fingerprint density at radius 2 is 1.16 bits per heavy atom. The lowest BCUT2D eigenvalue weighted by Crippen LogP contribution is -3.00. The van der Waals surface area contributed by atoms with Crippen molar-refractivity contribution in [1.82, 2.24) is 10.6 Å². The Labute approximate surface area is 204 Å². The minimum Gasteiger partial charge on any atom is -1.00 e. The molecule has 170 valence electrons. The molecule has 0 aliphatic rings. The second kappa shape index (κ2) is 14.2. The van der Waals surface area contributed by atoms with Gasteiger partial charge in [-0.05, 0) is 69.3 Å². The van der Waals surface area contributed by atoms with E-state index in [1.165, 1.54) is 15.9 Å². The predicted octanol–water partition coefficient (Wildman–Crippen LogP) is 0.881. The van der Waals surface area contributed by atoms with Crippen molar-refractivity contribution >= 4 is 29.1 Å². The molecule has 32 heavy (non-hydrogen) atoms.